The first-order valence-electron chi connectivity index (χ1n) is 8.52. The quantitative estimate of drug-likeness (QED) is 0.728. The lowest BCUT2D eigenvalue weighted by atomic mass is 10.2. The lowest BCUT2D eigenvalue weighted by Gasteiger charge is -2.28. The van der Waals surface area contributed by atoms with Crippen LogP contribution in [-0.4, -0.2) is 42.8 Å². The van der Waals surface area contributed by atoms with E-state index in [0.29, 0.717) is 5.95 Å². The maximum atomic E-state index is 5.41. The highest BCUT2D eigenvalue weighted by molar-refractivity contribution is 7.17. The van der Waals surface area contributed by atoms with Gasteiger partial charge >= 0.3 is 0 Å². The monoisotopic (exact) mass is 355 g/mol. The van der Waals surface area contributed by atoms with E-state index in [1.807, 2.05) is 11.4 Å². The van der Waals surface area contributed by atoms with Crippen LogP contribution in [0, 0.1) is 0 Å². The largest absolute Gasteiger partial charge is 0.378 e. The molecule has 0 saturated carbocycles. The number of aromatic nitrogens is 2. The Kier molecular flexibility index (Phi) is 4.67. The summed E-state index contributed by atoms with van der Waals surface area (Å²) in [6.45, 7) is 6.37. The van der Waals surface area contributed by atoms with Gasteiger partial charge in [0.2, 0.25) is 5.95 Å². The van der Waals surface area contributed by atoms with Crippen LogP contribution in [0.2, 0.25) is 0 Å². The van der Waals surface area contributed by atoms with Crippen LogP contribution >= 0.6 is 11.3 Å². The van der Waals surface area contributed by atoms with Crippen molar-refractivity contribution in [3.8, 4) is 0 Å². The van der Waals surface area contributed by atoms with E-state index in [1.165, 1.54) is 5.69 Å². The zero-order chi connectivity index (χ0) is 17.1. The number of ether oxygens (including phenoxy) is 1. The molecule has 2 N–H and O–H groups in total. The van der Waals surface area contributed by atoms with Gasteiger partial charge in [0.25, 0.3) is 0 Å². The molecule has 1 saturated heterocycles. The third-order valence-corrected chi connectivity index (χ3v) is 5.06. The van der Waals surface area contributed by atoms with Crippen molar-refractivity contribution in [2.24, 2.45) is 0 Å². The van der Waals surface area contributed by atoms with Crippen molar-refractivity contribution in [1.82, 2.24) is 9.97 Å². The summed E-state index contributed by atoms with van der Waals surface area (Å²) in [5.74, 6) is 1.50. The summed E-state index contributed by atoms with van der Waals surface area (Å²) in [5.41, 5.74) is 3.16. The molecule has 3 aromatic rings. The molecule has 1 aromatic carbocycles. The van der Waals surface area contributed by atoms with Crippen molar-refractivity contribution in [2.45, 2.75) is 6.92 Å². The second-order valence-corrected chi connectivity index (χ2v) is 6.75. The minimum Gasteiger partial charge on any atom is -0.378 e. The number of anilines is 4. The van der Waals surface area contributed by atoms with Crippen LogP contribution in [-0.2, 0) is 4.74 Å². The standard InChI is InChI=1S/C18H21N5OS/c1-2-19-17-16-15(7-12-25-16)21-18(22-17)20-13-3-5-14(6-4-13)23-8-10-24-11-9-23/h3-7,12H,2,8-11H2,1H3,(H2,19,20,21,22). The number of nitrogens with one attached hydrogen (secondary N) is 2. The Morgan fingerprint density at radius 2 is 1.92 bits per heavy atom. The molecule has 0 spiro atoms. The average molecular weight is 355 g/mol. The highest BCUT2D eigenvalue weighted by Gasteiger charge is 2.12. The third kappa shape index (κ3) is 3.52. The molecule has 6 nitrogen and oxygen atoms in total. The number of hydrogen-bond donors (Lipinski definition) is 2. The smallest absolute Gasteiger partial charge is 0.229 e. The molecule has 7 heteroatoms. The van der Waals surface area contributed by atoms with Gasteiger partial charge in [0.05, 0.1) is 23.4 Å². The lowest BCUT2D eigenvalue weighted by molar-refractivity contribution is 0.122. The Bertz CT molecular complexity index is 842. The van der Waals surface area contributed by atoms with E-state index >= 15 is 0 Å². The van der Waals surface area contributed by atoms with Crippen molar-refractivity contribution in [1.29, 1.82) is 0 Å². The van der Waals surface area contributed by atoms with Crippen LogP contribution in [0.3, 0.4) is 0 Å². The van der Waals surface area contributed by atoms with Gasteiger partial charge < -0.3 is 20.3 Å². The lowest BCUT2D eigenvalue weighted by Crippen LogP contribution is -2.36. The van der Waals surface area contributed by atoms with Crippen LogP contribution in [0.25, 0.3) is 10.2 Å². The Morgan fingerprint density at radius 1 is 1.12 bits per heavy atom. The summed E-state index contributed by atoms with van der Waals surface area (Å²) >= 11 is 1.66. The second kappa shape index (κ2) is 7.25. The first kappa shape index (κ1) is 16.1. The van der Waals surface area contributed by atoms with Crippen molar-refractivity contribution >= 4 is 44.7 Å². The highest BCUT2D eigenvalue weighted by atomic mass is 32.1. The molecule has 0 radical (unpaired) electrons. The SMILES string of the molecule is CCNc1nc(Nc2ccc(N3CCOCC3)cc2)nc2ccsc12. The van der Waals surface area contributed by atoms with Gasteiger partial charge in [0.15, 0.2) is 0 Å². The summed E-state index contributed by atoms with van der Waals surface area (Å²) in [6, 6.07) is 10.4. The van der Waals surface area contributed by atoms with Crippen LogP contribution in [0.4, 0.5) is 23.1 Å². The van der Waals surface area contributed by atoms with Gasteiger partial charge in [-0.25, -0.2) is 4.98 Å². The summed E-state index contributed by atoms with van der Waals surface area (Å²) in [4.78, 5) is 11.6. The van der Waals surface area contributed by atoms with Gasteiger partial charge in [-0.2, -0.15) is 4.98 Å². The van der Waals surface area contributed by atoms with Gasteiger partial charge in [-0.1, -0.05) is 0 Å². The molecule has 3 heterocycles. The number of rotatable bonds is 5. The normalized spacial score (nSPS) is 14.7. The zero-order valence-corrected chi connectivity index (χ0v) is 15.0. The number of morpholine rings is 1. The molecule has 25 heavy (non-hydrogen) atoms. The van der Waals surface area contributed by atoms with E-state index in [9.17, 15) is 0 Å². The summed E-state index contributed by atoms with van der Waals surface area (Å²) in [7, 11) is 0. The Morgan fingerprint density at radius 3 is 2.68 bits per heavy atom. The summed E-state index contributed by atoms with van der Waals surface area (Å²) in [6.07, 6.45) is 0. The number of nitrogens with zero attached hydrogens (tertiary/aromatic N) is 3. The van der Waals surface area contributed by atoms with E-state index in [0.717, 1.165) is 54.6 Å². The number of hydrogen-bond acceptors (Lipinski definition) is 7. The fraction of sp³-hybridized carbons (Fsp3) is 0.333. The summed E-state index contributed by atoms with van der Waals surface area (Å²) in [5, 5.41) is 8.67. The maximum Gasteiger partial charge on any atom is 0.229 e. The van der Waals surface area contributed by atoms with Crippen molar-refractivity contribution in [3.63, 3.8) is 0 Å². The Hall–Kier alpha value is -2.38. The minimum absolute atomic E-state index is 0.612. The maximum absolute atomic E-state index is 5.41. The van der Waals surface area contributed by atoms with Gasteiger partial charge in [0, 0.05) is 31.0 Å². The van der Waals surface area contributed by atoms with E-state index < -0.39 is 0 Å². The Balaban J connectivity index is 1.54. The molecule has 2 aromatic heterocycles. The molecular formula is C18H21N5OS. The molecule has 1 aliphatic heterocycles. The first-order chi connectivity index (χ1) is 12.3. The average Bonchev–Trinajstić information content (AvgIpc) is 3.12. The van der Waals surface area contributed by atoms with Gasteiger partial charge in [0.1, 0.15) is 5.82 Å². The van der Waals surface area contributed by atoms with E-state index in [1.54, 1.807) is 11.3 Å². The van der Waals surface area contributed by atoms with E-state index in [2.05, 4.69) is 56.7 Å². The third-order valence-electron chi connectivity index (χ3n) is 4.15. The first-order valence-corrected chi connectivity index (χ1v) is 9.40. The number of thiophene rings is 1. The van der Waals surface area contributed by atoms with Crippen molar-refractivity contribution < 1.29 is 4.74 Å². The molecule has 0 aliphatic carbocycles. The second-order valence-electron chi connectivity index (χ2n) is 5.83. The van der Waals surface area contributed by atoms with Crippen LogP contribution in [0.5, 0.6) is 0 Å². The molecule has 0 unspecified atom stereocenters. The Labute approximate surface area is 150 Å². The predicted molar refractivity (Wildman–Crippen MR) is 104 cm³/mol. The fourth-order valence-corrected chi connectivity index (χ4v) is 3.71. The highest BCUT2D eigenvalue weighted by Crippen LogP contribution is 2.28. The van der Waals surface area contributed by atoms with Crippen LogP contribution < -0.4 is 15.5 Å². The molecular weight excluding hydrogens is 334 g/mol. The van der Waals surface area contributed by atoms with E-state index in [-0.39, 0.29) is 0 Å². The molecule has 1 fully saturated rings. The van der Waals surface area contributed by atoms with Gasteiger partial charge in [-0.05, 0) is 42.6 Å². The number of benzene rings is 1. The summed E-state index contributed by atoms with van der Waals surface area (Å²) < 4.78 is 6.50. The number of fused-ring (bicyclic) bond motifs is 1. The molecule has 0 amide bonds. The van der Waals surface area contributed by atoms with Crippen LogP contribution in [0.1, 0.15) is 6.92 Å². The molecule has 4 rings (SSSR count). The minimum atomic E-state index is 0.612. The molecule has 0 atom stereocenters. The fourth-order valence-electron chi connectivity index (χ4n) is 2.91. The topological polar surface area (TPSA) is 62.3 Å². The van der Waals surface area contributed by atoms with Crippen LogP contribution in [0.15, 0.2) is 35.7 Å². The van der Waals surface area contributed by atoms with Crippen molar-refractivity contribution in [3.05, 3.63) is 35.7 Å². The van der Waals surface area contributed by atoms with E-state index in [4.69, 9.17) is 4.74 Å². The molecule has 130 valence electrons. The zero-order valence-electron chi connectivity index (χ0n) is 14.2. The molecule has 1 aliphatic rings. The molecule has 0 bridgehead atoms. The van der Waals surface area contributed by atoms with Gasteiger partial charge in [-0.3, -0.25) is 0 Å². The predicted octanol–water partition coefficient (Wildman–Crippen LogP) is 3.70. The van der Waals surface area contributed by atoms with Gasteiger partial charge in [-0.15, -0.1) is 11.3 Å². The van der Waals surface area contributed by atoms with Crippen molar-refractivity contribution in [2.75, 3.05) is 48.4 Å².